The third kappa shape index (κ3) is 6.43. The molecule has 2 N–H and O–H groups in total. The Balaban J connectivity index is 1.54. The molecule has 1 atom stereocenters. The van der Waals surface area contributed by atoms with Crippen molar-refractivity contribution in [1.29, 1.82) is 0 Å². The smallest absolute Gasteiger partial charge is 0.399 e. The van der Waals surface area contributed by atoms with Crippen LogP contribution in [0.4, 0.5) is 26.3 Å². The highest BCUT2D eigenvalue weighted by Gasteiger charge is 2.45. The number of carbonyl (C=O) groups is 1. The second-order valence-electron chi connectivity index (χ2n) is 11.1. The third-order valence-corrected chi connectivity index (χ3v) is 6.99. The van der Waals surface area contributed by atoms with E-state index in [0.717, 1.165) is 56.5 Å². The number of benzene rings is 2. The monoisotopic (exact) mass is 603 g/mol. The van der Waals surface area contributed by atoms with Crippen molar-refractivity contribution >= 4 is 16.8 Å². The number of alkyl halides is 3. The number of aryl methyl sites for hydroxylation is 1. The Bertz CT molecular complexity index is 1700. The number of hydrogen-bond donors (Lipinski definition) is 2. The van der Waals surface area contributed by atoms with Gasteiger partial charge in [0.05, 0.1) is 23.0 Å². The molecule has 2 heterocycles. The fourth-order valence-electron chi connectivity index (χ4n) is 4.71. The summed E-state index contributed by atoms with van der Waals surface area (Å²) in [5.74, 6) is -7.13. The molecule has 226 valence electrons. The summed E-state index contributed by atoms with van der Waals surface area (Å²) in [6.45, 7) is 2.65. The molecule has 43 heavy (non-hydrogen) atoms. The molecule has 1 aliphatic rings. The van der Waals surface area contributed by atoms with E-state index in [0.29, 0.717) is 16.7 Å². The van der Waals surface area contributed by atoms with E-state index in [4.69, 9.17) is 4.74 Å². The Kier molecular flexibility index (Phi) is 7.84. The van der Waals surface area contributed by atoms with Crippen molar-refractivity contribution in [1.82, 2.24) is 15.3 Å². The van der Waals surface area contributed by atoms with Gasteiger partial charge in [-0.3, -0.25) is 9.78 Å². The summed E-state index contributed by atoms with van der Waals surface area (Å²) < 4.78 is 93.8. The van der Waals surface area contributed by atoms with E-state index in [-0.39, 0.29) is 17.2 Å². The first-order valence-electron chi connectivity index (χ1n) is 13.4. The number of halogens is 6. The molecule has 6 nitrogen and oxygen atoms in total. The van der Waals surface area contributed by atoms with Crippen molar-refractivity contribution < 1.29 is 41.0 Å². The lowest BCUT2D eigenvalue weighted by Crippen LogP contribution is -2.37. The molecule has 1 amide bonds. The van der Waals surface area contributed by atoms with Gasteiger partial charge >= 0.3 is 6.18 Å². The highest BCUT2D eigenvalue weighted by Crippen LogP contribution is 2.40. The lowest BCUT2D eigenvalue weighted by molar-refractivity contribution is -0.150. The molecule has 0 unspecified atom stereocenters. The normalized spacial score (nSPS) is 14.6. The number of nitrogens with zero attached hydrogens (tertiary/aromatic N) is 2. The molecule has 2 aromatic heterocycles. The zero-order valence-electron chi connectivity index (χ0n) is 23.3. The number of hydrogen-bond acceptors (Lipinski definition) is 5. The van der Waals surface area contributed by atoms with Gasteiger partial charge in [0, 0.05) is 29.3 Å². The molecular formula is C31H27F6N3O3. The average molecular weight is 604 g/mol. The third-order valence-electron chi connectivity index (χ3n) is 6.99. The summed E-state index contributed by atoms with van der Waals surface area (Å²) in [5.41, 5.74) is -4.11. The first-order chi connectivity index (χ1) is 20.1. The number of aliphatic hydroxyl groups is 1. The molecule has 1 aliphatic carbocycles. The van der Waals surface area contributed by atoms with Crippen LogP contribution in [0.15, 0.2) is 48.7 Å². The number of amides is 1. The van der Waals surface area contributed by atoms with E-state index in [1.807, 2.05) is 0 Å². The van der Waals surface area contributed by atoms with Gasteiger partial charge < -0.3 is 15.2 Å². The van der Waals surface area contributed by atoms with Crippen LogP contribution < -0.4 is 10.1 Å². The van der Waals surface area contributed by atoms with Gasteiger partial charge in [-0.2, -0.15) is 13.2 Å². The van der Waals surface area contributed by atoms with Gasteiger partial charge in [0.1, 0.15) is 28.7 Å². The molecule has 0 aliphatic heterocycles. The largest absolute Gasteiger partial charge is 0.488 e. The molecule has 0 bridgehead atoms. The van der Waals surface area contributed by atoms with Crippen LogP contribution in [0.2, 0.25) is 0 Å². The van der Waals surface area contributed by atoms with E-state index < -0.39 is 64.6 Å². The van der Waals surface area contributed by atoms with Gasteiger partial charge in [-0.15, -0.1) is 0 Å². The SMILES string of the molecule is Cc1cnc2c(OC3CC3)cc(C(=O)NC[C@H](c3nc(-c4ccc(F)cc4)c(F)c(C(C)(C)O)c3F)C(F)(F)F)cc2c1. The van der Waals surface area contributed by atoms with Gasteiger partial charge in [0.25, 0.3) is 5.91 Å². The summed E-state index contributed by atoms with van der Waals surface area (Å²) in [6, 6.07) is 8.61. The number of pyridine rings is 2. The summed E-state index contributed by atoms with van der Waals surface area (Å²) in [6.07, 6.45) is -1.94. The van der Waals surface area contributed by atoms with Crippen LogP contribution in [0.5, 0.6) is 5.75 Å². The topological polar surface area (TPSA) is 84.3 Å². The fourth-order valence-corrected chi connectivity index (χ4v) is 4.71. The first kappa shape index (κ1) is 30.3. The number of nitrogens with one attached hydrogen (secondary N) is 1. The molecule has 1 fully saturated rings. The predicted octanol–water partition coefficient (Wildman–Crippen LogP) is 6.87. The highest BCUT2D eigenvalue weighted by molar-refractivity contribution is 6.00. The van der Waals surface area contributed by atoms with Crippen molar-refractivity contribution in [2.45, 2.75) is 57.4 Å². The summed E-state index contributed by atoms with van der Waals surface area (Å²) in [4.78, 5) is 21.2. The predicted molar refractivity (Wildman–Crippen MR) is 146 cm³/mol. The standard InChI is InChI=1S/C31H27F6N3O3/c1-15-10-17-11-18(12-22(26(17)38-13-15)43-20-8-9-20)29(41)39-14-21(31(35,36)37)28-25(34)23(30(2,3)42)24(33)27(40-28)16-4-6-19(32)7-5-16/h4-7,10-13,20-21,42H,8-9,14H2,1-3H3,(H,39,41)/t21-/m1/s1. The second-order valence-corrected chi connectivity index (χ2v) is 11.1. The van der Waals surface area contributed by atoms with Gasteiger partial charge in [-0.25, -0.2) is 18.2 Å². The van der Waals surface area contributed by atoms with E-state index in [2.05, 4.69) is 15.3 Å². The molecule has 0 saturated heterocycles. The molecule has 12 heteroatoms. The first-order valence-corrected chi connectivity index (χ1v) is 13.4. The summed E-state index contributed by atoms with van der Waals surface area (Å²) >= 11 is 0. The maximum absolute atomic E-state index is 15.7. The van der Waals surface area contributed by atoms with Crippen molar-refractivity contribution in [2.24, 2.45) is 0 Å². The Morgan fingerprint density at radius 2 is 1.74 bits per heavy atom. The summed E-state index contributed by atoms with van der Waals surface area (Å²) in [5, 5.41) is 13.2. The minimum Gasteiger partial charge on any atom is -0.488 e. The zero-order valence-corrected chi connectivity index (χ0v) is 23.3. The van der Waals surface area contributed by atoms with E-state index in [1.54, 1.807) is 19.2 Å². The van der Waals surface area contributed by atoms with Gasteiger partial charge in [-0.1, -0.05) is 0 Å². The van der Waals surface area contributed by atoms with Crippen LogP contribution in [-0.4, -0.2) is 39.8 Å². The average Bonchev–Trinajstić information content (AvgIpc) is 3.72. The van der Waals surface area contributed by atoms with Crippen molar-refractivity contribution in [3.63, 3.8) is 0 Å². The minimum atomic E-state index is -5.15. The lowest BCUT2D eigenvalue weighted by atomic mass is 9.91. The maximum atomic E-state index is 15.7. The van der Waals surface area contributed by atoms with Crippen LogP contribution in [0.3, 0.4) is 0 Å². The lowest BCUT2D eigenvalue weighted by Gasteiger charge is -2.26. The number of ether oxygens (including phenoxy) is 1. The Hall–Kier alpha value is -4.19. The maximum Gasteiger partial charge on any atom is 0.399 e. The van der Waals surface area contributed by atoms with Crippen molar-refractivity contribution in [3.05, 3.63) is 88.5 Å². The van der Waals surface area contributed by atoms with E-state index in [1.165, 1.54) is 12.1 Å². The van der Waals surface area contributed by atoms with Gasteiger partial charge in [-0.05, 0) is 81.6 Å². The number of aromatic nitrogens is 2. The van der Waals surface area contributed by atoms with Crippen molar-refractivity contribution in [2.75, 3.05) is 6.54 Å². The van der Waals surface area contributed by atoms with Gasteiger partial charge in [0.15, 0.2) is 11.6 Å². The van der Waals surface area contributed by atoms with Crippen LogP contribution in [0.1, 0.15) is 59.8 Å². The van der Waals surface area contributed by atoms with E-state index in [9.17, 15) is 27.5 Å². The van der Waals surface area contributed by atoms with Crippen LogP contribution in [0, 0.1) is 24.4 Å². The van der Waals surface area contributed by atoms with E-state index >= 15 is 8.78 Å². The number of carbonyl (C=O) groups excluding carboxylic acids is 1. The van der Waals surface area contributed by atoms with Crippen molar-refractivity contribution in [3.8, 4) is 17.0 Å². The molecule has 4 aromatic rings. The molecule has 0 spiro atoms. The minimum absolute atomic E-state index is 0.00630. The van der Waals surface area contributed by atoms with Crippen LogP contribution in [-0.2, 0) is 5.60 Å². The quantitative estimate of drug-likeness (QED) is 0.215. The molecule has 1 saturated carbocycles. The van der Waals surface area contributed by atoms with Crippen LogP contribution in [0.25, 0.3) is 22.2 Å². The Morgan fingerprint density at radius 3 is 2.35 bits per heavy atom. The molecule has 5 rings (SSSR count). The molecule has 2 aromatic carbocycles. The van der Waals surface area contributed by atoms with Gasteiger partial charge in [0.2, 0.25) is 0 Å². The zero-order chi connectivity index (χ0) is 31.3. The number of rotatable bonds is 8. The highest BCUT2D eigenvalue weighted by atomic mass is 19.4. The Labute approximate surface area is 242 Å². The molecule has 0 radical (unpaired) electrons. The summed E-state index contributed by atoms with van der Waals surface area (Å²) in [7, 11) is 0. The Morgan fingerprint density at radius 1 is 1.07 bits per heavy atom. The molecular weight excluding hydrogens is 576 g/mol. The van der Waals surface area contributed by atoms with Crippen LogP contribution >= 0.6 is 0 Å². The number of fused-ring (bicyclic) bond motifs is 1. The fraction of sp³-hybridized carbons (Fsp3) is 0.323. The second kappa shape index (κ2) is 11.1.